The number of hydrogen-bond donors (Lipinski definition) is 2. The molecule has 0 aliphatic carbocycles. The Hall–Kier alpha value is -2.16. The van der Waals surface area contributed by atoms with Crippen LogP contribution in [0, 0.1) is 5.82 Å². The third kappa shape index (κ3) is 4.44. The minimum atomic E-state index is -4.06. The summed E-state index contributed by atoms with van der Waals surface area (Å²) in [6.07, 6.45) is 0. The highest BCUT2D eigenvalue weighted by Crippen LogP contribution is 2.25. The number of anilines is 1. The maximum absolute atomic E-state index is 12.9. The summed E-state index contributed by atoms with van der Waals surface area (Å²) in [5.41, 5.74) is 2.39. The molecule has 0 heterocycles. The van der Waals surface area contributed by atoms with E-state index in [0.717, 1.165) is 18.2 Å². The van der Waals surface area contributed by atoms with Crippen molar-refractivity contribution >= 4 is 33.2 Å². The number of halogens is 2. The molecule has 0 atom stereocenters. The number of hydroxylamine groups is 1. The van der Waals surface area contributed by atoms with Gasteiger partial charge in [-0.3, -0.25) is 14.4 Å². The van der Waals surface area contributed by atoms with Crippen LogP contribution in [0.4, 0.5) is 10.1 Å². The van der Waals surface area contributed by atoms with Gasteiger partial charge in [0.15, 0.2) is 0 Å². The fraction of sp³-hybridized carbons (Fsp3) is 0.133. The lowest BCUT2D eigenvalue weighted by atomic mass is 10.2. The Bertz CT molecular complexity index is 841. The average Bonchev–Trinajstić information content (AvgIpc) is 2.54. The molecule has 0 bridgehead atoms. The van der Waals surface area contributed by atoms with Crippen LogP contribution in [0.3, 0.4) is 0 Å². The zero-order valence-corrected chi connectivity index (χ0v) is 14.1. The molecule has 1 amide bonds. The Labute approximate surface area is 143 Å². The van der Waals surface area contributed by atoms with E-state index < -0.39 is 21.7 Å². The van der Waals surface area contributed by atoms with E-state index in [9.17, 15) is 17.6 Å². The van der Waals surface area contributed by atoms with E-state index in [4.69, 9.17) is 16.4 Å². The van der Waals surface area contributed by atoms with Crippen molar-refractivity contribution in [2.24, 2.45) is 0 Å². The van der Waals surface area contributed by atoms with E-state index in [1.807, 2.05) is 0 Å². The monoisotopic (exact) mass is 372 g/mol. The molecule has 0 aliphatic rings. The van der Waals surface area contributed by atoms with Crippen molar-refractivity contribution in [1.82, 2.24) is 5.48 Å². The van der Waals surface area contributed by atoms with E-state index in [1.54, 1.807) is 6.92 Å². The third-order valence-corrected chi connectivity index (χ3v) is 4.75. The molecule has 0 aliphatic heterocycles. The van der Waals surface area contributed by atoms with Gasteiger partial charge in [-0.2, -0.15) is 0 Å². The molecule has 0 radical (unpaired) electrons. The lowest BCUT2D eigenvalue weighted by Crippen LogP contribution is -2.24. The molecular formula is C15H14ClFN2O4S. The summed E-state index contributed by atoms with van der Waals surface area (Å²) in [5.74, 6) is -1.10. The van der Waals surface area contributed by atoms with Crippen molar-refractivity contribution in [1.29, 1.82) is 0 Å². The summed E-state index contributed by atoms with van der Waals surface area (Å²) >= 11 is 5.94. The normalized spacial score (nSPS) is 11.1. The van der Waals surface area contributed by atoms with Crippen molar-refractivity contribution in [3.05, 3.63) is 58.9 Å². The highest BCUT2D eigenvalue weighted by molar-refractivity contribution is 7.92. The largest absolute Gasteiger partial charge is 0.280 e. The molecule has 9 heteroatoms. The third-order valence-electron chi connectivity index (χ3n) is 2.89. The Kier molecular flexibility index (Phi) is 5.76. The van der Waals surface area contributed by atoms with Crippen molar-refractivity contribution in [3.8, 4) is 0 Å². The number of hydrogen-bond acceptors (Lipinski definition) is 4. The van der Waals surface area contributed by atoms with Gasteiger partial charge in [0.2, 0.25) is 0 Å². The highest BCUT2D eigenvalue weighted by Gasteiger charge is 2.20. The predicted molar refractivity (Wildman–Crippen MR) is 87.8 cm³/mol. The molecular weight excluding hydrogens is 359 g/mol. The van der Waals surface area contributed by atoms with Crippen LogP contribution in [0.2, 0.25) is 5.02 Å². The molecule has 2 aromatic carbocycles. The number of benzene rings is 2. The SMILES string of the molecule is CCONC(=O)c1ccc(Cl)c(S(=O)(=O)Nc2ccc(F)cc2)c1. The van der Waals surface area contributed by atoms with Crippen LogP contribution < -0.4 is 10.2 Å². The molecule has 6 nitrogen and oxygen atoms in total. The van der Waals surface area contributed by atoms with Crippen LogP contribution in [0.1, 0.15) is 17.3 Å². The van der Waals surface area contributed by atoms with Crippen molar-refractivity contribution in [2.45, 2.75) is 11.8 Å². The second-order valence-corrected chi connectivity index (χ2v) is 6.68. The fourth-order valence-corrected chi connectivity index (χ4v) is 3.36. The molecule has 0 unspecified atom stereocenters. The number of rotatable bonds is 6. The van der Waals surface area contributed by atoms with E-state index in [2.05, 4.69) is 10.2 Å². The van der Waals surface area contributed by atoms with E-state index in [-0.39, 0.29) is 27.8 Å². The minimum Gasteiger partial charge on any atom is -0.280 e. The number of nitrogens with one attached hydrogen (secondary N) is 2. The summed E-state index contributed by atoms with van der Waals surface area (Å²) in [6, 6.07) is 8.56. The molecule has 0 spiro atoms. The van der Waals surface area contributed by atoms with Crippen LogP contribution in [-0.2, 0) is 14.9 Å². The summed E-state index contributed by atoms with van der Waals surface area (Å²) in [6.45, 7) is 1.95. The lowest BCUT2D eigenvalue weighted by Gasteiger charge is -2.11. The van der Waals surface area contributed by atoms with Crippen LogP contribution in [0.15, 0.2) is 47.4 Å². The van der Waals surface area contributed by atoms with Gasteiger partial charge in [0.25, 0.3) is 15.9 Å². The molecule has 2 aromatic rings. The smallest absolute Gasteiger partial charge is 0.274 e. The Morgan fingerprint density at radius 1 is 1.21 bits per heavy atom. The van der Waals surface area contributed by atoms with Crippen molar-refractivity contribution in [3.63, 3.8) is 0 Å². The van der Waals surface area contributed by atoms with Gasteiger partial charge in [0.05, 0.1) is 11.6 Å². The molecule has 0 saturated carbocycles. The predicted octanol–water partition coefficient (Wildman–Crippen LogP) is 2.96. The summed E-state index contributed by atoms with van der Waals surface area (Å²) in [4.78, 5) is 16.4. The number of carbonyl (C=O) groups is 1. The molecule has 2 rings (SSSR count). The van der Waals surface area contributed by atoms with Gasteiger partial charge in [-0.05, 0) is 49.4 Å². The summed E-state index contributed by atoms with van der Waals surface area (Å²) < 4.78 is 40.1. The molecule has 0 fully saturated rings. The zero-order valence-electron chi connectivity index (χ0n) is 12.5. The molecule has 0 aromatic heterocycles. The number of carbonyl (C=O) groups excluding carboxylic acids is 1. The van der Waals surface area contributed by atoms with Crippen LogP contribution in [0.5, 0.6) is 0 Å². The van der Waals surface area contributed by atoms with Crippen LogP contribution >= 0.6 is 11.6 Å². The van der Waals surface area contributed by atoms with Crippen molar-refractivity contribution < 1.29 is 22.4 Å². The van der Waals surface area contributed by atoms with E-state index in [1.165, 1.54) is 24.3 Å². The van der Waals surface area contributed by atoms with Gasteiger partial charge in [-0.15, -0.1) is 0 Å². The maximum atomic E-state index is 12.9. The summed E-state index contributed by atoms with van der Waals surface area (Å²) in [7, 11) is -4.06. The van der Waals surface area contributed by atoms with Crippen LogP contribution in [-0.4, -0.2) is 20.9 Å². The maximum Gasteiger partial charge on any atom is 0.274 e. The van der Waals surface area contributed by atoms with Gasteiger partial charge in [-0.25, -0.2) is 18.3 Å². The second-order valence-electron chi connectivity index (χ2n) is 4.62. The van der Waals surface area contributed by atoms with Gasteiger partial charge in [-0.1, -0.05) is 11.6 Å². The molecule has 24 heavy (non-hydrogen) atoms. The van der Waals surface area contributed by atoms with Gasteiger partial charge in [0, 0.05) is 11.3 Å². The minimum absolute atomic E-state index is 0.0578. The summed E-state index contributed by atoms with van der Waals surface area (Å²) in [5, 5.41) is -0.0578. The van der Waals surface area contributed by atoms with E-state index in [0.29, 0.717) is 0 Å². The topological polar surface area (TPSA) is 84.5 Å². The van der Waals surface area contributed by atoms with Crippen LogP contribution in [0.25, 0.3) is 0 Å². The van der Waals surface area contributed by atoms with Gasteiger partial charge in [0.1, 0.15) is 10.7 Å². The number of amides is 1. The Balaban J connectivity index is 2.31. The first-order valence-corrected chi connectivity index (χ1v) is 8.69. The van der Waals surface area contributed by atoms with Gasteiger partial charge >= 0.3 is 0 Å². The Morgan fingerprint density at radius 2 is 1.88 bits per heavy atom. The standard InChI is InChI=1S/C15H14ClFN2O4S/c1-2-23-18-15(20)10-3-8-13(16)14(9-10)24(21,22)19-12-6-4-11(17)5-7-12/h3-9,19H,2H2,1H3,(H,18,20). The lowest BCUT2D eigenvalue weighted by molar-refractivity contribution is 0.0364. The van der Waals surface area contributed by atoms with Crippen molar-refractivity contribution in [2.75, 3.05) is 11.3 Å². The zero-order chi connectivity index (χ0) is 17.7. The van der Waals surface area contributed by atoms with E-state index >= 15 is 0 Å². The fourth-order valence-electron chi connectivity index (χ4n) is 1.78. The molecule has 0 saturated heterocycles. The molecule has 128 valence electrons. The first kappa shape index (κ1) is 18.2. The quantitative estimate of drug-likeness (QED) is 0.763. The average molecular weight is 373 g/mol. The number of sulfonamides is 1. The highest BCUT2D eigenvalue weighted by atomic mass is 35.5. The second kappa shape index (κ2) is 7.61. The van der Waals surface area contributed by atoms with Gasteiger partial charge < -0.3 is 0 Å². The molecule has 2 N–H and O–H groups in total. The Morgan fingerprint density at radius 3 is 2.50 bits per heavy atom. The first-order valence-electron chi connectivity index (χ1n) is 6.83. The first-order chi connectivity index (χ1) is 11.3.